The molecule has 0 radical (unpaired) electrons. The molecule has 0 aliphatic carbocycles. The van der Waals surface area contributed by atoms with Crippen LogP contribution in [0.4, 0.5) is 14.9 Å². The number of amides is 2. The third-order valence-corrected chi connectivity index (χ3v) is 2.99. The fourth-order valence-electron chi connectivity index (χ4n) is 1.51. The summed E-state index contributed by atoms with van der Waals surface area (Å²) in [7, 11) is 0. The van der Waals surface area contributed by atoms with Crippen molar-refractivity contribution in [2.75, 3.05) is 11.9 Å². The zero-order valence-corrected chi connectivity index (χ0v) is 12.0. The van der Waals surface area contributed by atoms with E-state index >= 15 is 0 Å². The van der Waals surface area contributed by atoms with Gasteiger partial charge in [0.05, 0.1) is 5.69 Å². The fourth-order valence-corrected chi connectivity index (χ4v) is 1.84. The van der Waals surface area contributed by atoms with Crippen molar-refractivity contribution in [1.82, 2.24) is 5.32 Å². The van der Waals surface area contributed by atoms with E-state index in [1.54, 1.807) is 6.07 Å². The quantitative estimate of drug-likeness (QED) is 0.755. The maximum absolute atomic E-state index is 13.4. The van der Waals surface area contributed by atoms with Crippen LogP contribution in [-0.2, 0) is 0 Å². The van der Waals surface area contributed by atoms with Crippen molar-refractivity contribution < 1.29 is 9.18 Å². The lowest BCUT2D eigenvalue weighted by molar-refractivity contribution is 0.251. The van der Waals surface area contributed by atoms with E-state index < -0.39 is 5.82 Å². The number of hydrogen-bond donors (Lipinski definition) is 2. The third kappa shape index (κ3) is 5.49. The topological polar surface area (TPSA) is 41.1 Å². The van der Waals surface area contributed by atoms with Crippen molar-refractivity contribution >= 4 is 27.6 Å². The lowest BCUT2D eigenvalue weighted by Crippen LogP contribution is -2.29. The van der Waals surface area contributed by atoms with Gasteiger partial charge in [-0.25, -0.2) is 9.18 Å². The lowest BCUT2D eigenvalue weighted by Gasteiger charge is -2.08. The standard InChI is InChI=1S/C13H18BrFN2O/c1-2-3-4-5-8-16-13(18)17-12-7-6-10(14)9-11(12)15/h6-7,9H,2-5,8H2,1H3,(H2,16,17,18). The molecule has 1 aromatic rings. The molecule has 0 aliphatic rings. The second kappa shape index (κ2) is 8.08. The summed E-state index contributed by atoms with van der Waals surface area (Å²) in [5.74, 6) is -0.453. The first kappa shape index (κ1) is 15.0. The molecule has 100 valence electrons. The molecule has 0 saturated heterocycles. The molecular formula is C13H18BrFN2O. The van der Waals surface area contributed by atoms with E-state index in [9.17, 15) is 9.18 Å². The minimum Gasteiger partial charge on any atom is -0.338 e. The van der Waals surface area contributed by atoms with Gasteiger partial charge in [-0.3, -0.25) is 0 Å². The Bertz CT molecular complexity index is 399. The molecule has 0 fully saturated rings. The van der Waals surface area contributed by atoms with Gasteiger partial charge in [0.1, 0.15) is 5.82 Å². The average Bonchev–Trinajstić information content (AvgIpc) is 2.32. The van der Waals surface area contributed by atoms with Crippen molar-refractivity contribution in [3.8, 4) is 0 Å². The van der Waals surface area contributed by atoms with Gasteiger partial charge in [0.15, 0.2) is 0 Å². The van der Waals surface area contributed by atoms with Gasteiger partial charge in [0, 0.05) is 11.0 Å². The maximum Gasteiger partial charge on any atom is 0.319 e. The molecule has 3 nitrogen and oxygen atoms in total. The van der Waals surface area contributed by atoms with Gasteiger partial charge in [-0.15, -0.1) is 0 Å². The summed E-state index contributed by atoms with van der Waals surface area (Å²) in [4.78, 5) is 11.5. The Labute approximate surface area is 115 Å². The van der Waals surface area contributed by atoms with Crippen LogP contribution in [0.3, 0.4) is 0 Å². The smallest absolute Gasteiger partial charge is 0.319 e. The zero-order valence-electron chi connectivity index (χ0n) is 10.4. The SMILES string of the molecule is CCCCCCNC(=O)Nc1ccc(Br)cc1F. The van der Waals surface area contributed by atoms with E-state index in [1.165, 1.54) is 18.6 Å². The third-order valence-electron chi connectivity index (χ3n) is 2.50. The molecule has 0 saturated carbocycles. The molecule has 2 amide bonds. The highest BCUT2D eigenvalue weighted by Gasteiger charge is 2.06. The lowest BCUT2D eigenvalue weighted by atomic mass is 10.2. The second-order valence-electron chi connectivity index (χ2n) is 4.07. The highest BCUT2D eigenvalue weighted by molar-refractivity contribution is 9.10. The van der Waals surface area contributed by atoms with Crippen LogP contribution in [0.15, 0.2) is 22.7 Å². The summed E-state index contributed by atoms with van der Waals surface area (Å²) < 4.78 is 14.1. The molecule has 0 heterocycles. The molecule has 0 atom stereocenters. The zero-order chi connectivity index (χ0) is 13.4. The number of anilines is 1. The van der Waals surface area contributed by atoms with Gasteiger partial charge in [-0.05, 0) is 24.6 Å². The van der Waals surface area contributed by atoms with Gasteiger partial charge in [0.25, 0.3) is 0 Å². The Kier molecular flexibility index (Phi) is 6.72. The van der Waals surface area contributed by atoms with Crippen molar-refractivity contribution in [2.24, 2.45) is 0 Å². The number of urea groups is 1. The summed E-state index contributed by atoms with van der Waals surface area (Å²) in [5.41, 5.74) is 0.184. The van der Waals surface area contributed by atoms with E-state index in [4.69, 9.17) is 0 Å². The van der Waals surface area contributed by atoms with Gasteiger partial charge < -0.3 is 10.6 Å². The minimum absolute atomic E-state index is 0.184. The summed E-state index contributed by atoms with van der Waals surface area (Å²) in [6.07, 6.45) is 4.38. The van der Waals surface area contributed by atoms with Crippen molar-refractivity contribution in [2.45, 2.75) is 32.6 Å². The Balaban J connectivity index is 2.31. The molecule has 5 heteroatoms. The summed E-state index contributed by atoms with van der Waals surface area (Å²) >= 11 is 3.16. The van der Waals surface area contributed by atoms with Crippen LogP contribution in [0.1, 0.15) is 32.6 Å². The second-order valence-corrected chi connectivity index (χ2v) is 4.98. The van der Waals surface area contributed by atoms with Crippen LogP contribution in [0.25, 0.3) is 0 Å². The highest BCUT2D eigenvalue weighted by atomic mass is 79.9. The molecule has 18 heavy (non-hydrogen) atoms. The van der Waals surface area contributed by atoms with Gasteiger partial charge in [-0.1, -0.05) is 42.1 Å². The first-order valence-electron chi connectivity index (χ1n) is 6.13. The summed E-state index contributed by atoms with van der Waals surface area (Å²) in [6, 6.07) is 4.15. The minimum atomic E-state index is -0.453. The number of carbonyl (C=O) groups excluding carboxylic acids is 1. The first-order chi connectivity index (χ1) is 8.63. The number of nitrogens with one attached hydrogen (secondary N) is 2. The summed E-state index contributed by atoms with van der Waals surface area (Å²) in [5, 5.41) is 5.19. The predicted molar refractivity (Wildman–Crippen MR) is 75.3 cm³/mol. The normalized spacial score (nSPS) is 10.2. The van der Waals surface area contributed by atoms with E-state index in [-0.39, 0.29) is 11.7 Å². The monoisotopic (exact) mass is 316 g/mol. The summed E-state index contributed by atoms with van der Waals surface area (Å²) in [6.45, 7) is 2.75. The van der Waals surface area contributed by atoms with Crippen LogP contribution >= 0.6 is 15.9 Å². The maximum atomic E-state index is 13.4. The highest BCUT2D eigenvalue weighted by Crippen LogP contribution is 2.19. The molecule has 0 bridgehead atoms. The average molecular weight is 317 g/mol. The molecule has 1 rings (SSSR count). The molecule has 2 N–H and O–H groups in total. The van der Waals surface area contributed by atoms with Crippen molar-refractivity contribution in [3.05, 3.63) is 28.5 Å². The van der Waals surface area contributed by atoms with E-state index in [0.29, 0.717) is 11.0 Å². The van der Waals surface area contributed by atoms with Gasteiger partial charge >= 0.3 is 6.03 Å². The van der Waals surface area contributed by atoms with Crippen LogP contribution in [0, 0.1) is 5.82 Å². The fraction of sp³-hybridized carbons (Fsp3) is 0.462. The van der Waals surface area contributed by atoms with Gasteiger partial charge in [-0.2, -0.15) is 0 Å². The number of unbranched alkanes of at least 4 members (excludes halogenated alkanes) is 3. The Morgan fingerprint density at radius 3 is 2.78 bits per heavy atom. The van der Waals surface area contributed by atoms with E-state index in [1.807, 2.05) is 0 Å². The number of rotatable bonds is 6. The Hall–Kier alpha value is -1.10. The van der Waals surface area contributed by atoms with Crippen LogP contribution in [0.5, 0.6) is 0 Å². The Morgan fingerprint density at radius 2 is 2.11 bits per heavy atom. The van der Waals surface area contributed by atoms with Crippen LogP contribution in [-0.4, -0.2) is 12.6 Å². The van der Waals surface area contributed by atoms with Crippen LogP contribution < -0.4 is 10.6 Å². The van der Waals surface area contributed by atoms with Gasteiger partial charge in [0.2, 0.25) is 0 Å². The van der Waals surface area contributed by atoms with E-state index in [2.05, 4.69) is 33.5 Å². The molecule has 0 aromatic heterocycles. The van der Waals surface area contributed by atoms with Crippen molar-refractivity contribution in [3.63, 3.8) is 0 Å². The largest absolute Gasteiger partial charge is 0.338 e. The molecule has 0 spiro atoms. The Morgan fingerprint density at radius 1 is 1.33 bits per heavy atom. The first-order valence-corrected chi connectivity index (χ1v) is 6.92. The number of benzene rings is 1. The number of halogens is 2. The van der Waals surface area contributed by atoms with Crippen LogP contribution in [0.2, 0.25) is 0 Å². The predicted octanol–water partition coefficient (Wildman–Crippen LogP) is 4.29. The molecule has 0 unspecified atom stereocenters. The number of hydrogen-bond acceptors (Lipinski definition) is 1. The van der Waals surface area contributed by atoms with Crippen molar-refractivity contribution in [1.29, 1.82) is 0 Å². The van der Waals surface area contributed by atoms with E-state index in [0.717, 1.165) is 19.3 Å². The molecular weight excluding hydrogens is 299 g/mol. The number of carbonyl (C=O) groups is 1. The molecule has 1 aromatic carbocycles. The molecule has 0 aliphatic heterocycles.